The van der Waals surface area contributed by atoms with Crippen LogP contribution < -0.4 is 5.56 Å². The normalized spacial score (nSPS) is 11.1. The summed E-state index contributed by atoms with van der Waals surface area (Å²) in [4.78, 5) is 20.7. The fourth-order valence-corrected chi connectivity index (χ4v) is 3.08. The third-order valence-electron chi connectivity index (χ3n) is 3.58. The van der Waals surface area contributed by atoms with Gasteiger partial charge in [-0.25, -0.2) is 14.4 Å². The molecule has 3 aromatic heterocycles. The molecule has 0 fully saturated rings. The molecule has 3 heterocycles. The Bertz CT molecular complexity index is 1090. The Hall–Kier alpha value is -2.93. The minimum absolute atomic E-state index is 0.124. The van der Waals surface area contributed by atoms with Crippen molar-refractivity contribution >= 4 is 17.4 Å². The highest BCUT2D eigenvalue weighted by Gasteiger charge is 2.09. The van der Waals surface area contributed by atoms with E-state index in [2.05, 4.69) is 9.97 Å². The van der Waals surface area contributed by atoms with Gasteiger partial charge in [-0.15, -0.1) is 0 Å². The van der Waals surface area contributed by atoms with Gasteiger partial charge in [0.15, 0.2) is 5.76 Å². The van der Waals surface area contributed by atoms with Gasteiger partial charge in [0.25, 0.3) is 10.8 Å². The van der Waals surface area contributed by atoms with Crippen molar-refractivity contribution in [3.8, 4) is 11.3 Å². The lowest BCUT2D eigenvalue weighted by Crippen LogP contribution is -2.14. The van der Waals surface area contributed by atoms with Gasteiger partial charge in [-0.05, 0) is 36.4 Å². The average molecular weight is 353 g/mol. The van der Waals surface area contributed by atoms with E-state index in [1.54, 1.807) is 36.7 Å². The molecule has 0 unspecified atom stereocenters. The van der Waals surface area contributed by atoms with Gasteiger partial charge in [0.05, 0.1) is 11.9 Å². The maximum absolute atomic E-state index is 13.0. The number of rotatable bonds is 4. The Balaban J connectivity index is 1.52. The highest BCUT2D eigenvalue weighted by molar-refractivity contribution is 7.98. The van der Waals surface area contributed by atoms with Gasteiger partial charge in [0, 0.05) is 23.6 Å². The molecule has 0 spiro atoms. The monoisotopic (exact) mass is 353 g/mol. The Morgan fingerprint density at radius 3 is 2.84 bits per heavy atom. The lowest BCUT2D eigenvalue weighted by Gasteiger charge is -2.02. The van der Waals surface area contributed by atoms with Crippen LogP contribution in [0.5, 0.6) is 0 Å². The Kier molecular flexibility index (Phi) is 4.07. The highest BCUT2D eigenvalue weighted by Crippen LogP contribution is 2.27. The smallest absolute Gasteiger partial charge is 0.258 e. The van der Waals surface area contributed by atoms with E-state index in [9.17, 15) is 9.18 Å². The first-order valence-electron chi connectivity index (χ1n) is 7.51. The third kappa shape index (κ3) is 3.32. The van der Waals surface area contributed by atoms with Crippen molar-refractivity contribution in [3.63, 3.8) is 0 Å². The fraction of sp³-hybridized carbons (Fsp3) is 0.0556. The minimum atomic E-state index is -0.300. The third-order valence-corrected chi connectivity index (χ3v) is 4.46. The maximum Gasteiger partial charge on any atom is 0.258 e. The van der Waals surface area contributed by atoms with Gasteiger partial charge in [0.2, 0.25) is 0 Å². The molecule has 1 aromatic carbocycles. The largest absolute Gasteiger partial charge is 0.431 e. The van der Waals surface area contributed by atoms with Crippen LogP contribution in [0.1, 0.15) is 5.69 Å². The van der Waals surface area contributed by atoms with Crippen LogP contribution in [0.4, 0.5) is 4.39 Å². The summed E-state index contributed by atoms with van der Waals surface area (Å²) in [5.74, 6) is 0.727. The number of pyridine rings is 1. The van der Waals surface area contributed by atoms with Crippen LogP contribution in [0.3, 0.4) is 0 Å². The molecule has 0 saturated carbocycles. The summed E-state index contributed by atoms with van der Waals surface area (Å²) < 4.78 is 20.1. The van der Waals surface area contributed by atoms with Gasteiger partial charge in [-0.1, -0.05) is 17.8 Å². The minimum Gasteiger partial charge on any atom is -0.431 e. The van der Waals surface area contributed by atoms with E-state index >= 15 is 0 Å². The number of oxazole rings is 1. The predicted molar refractivity (Wildman–Crippen MR) is 92.9 cm³/mol. The molecule has 124 valence electrons. The first-order chi connectivity index (χ1) is 12.2. The first-order valence-corrected chi connectivity index (χ1v) is 8.49. The van der Waals surface area contributed by atoms with E-state index in [-0.39, 0.29) is 11.4 Å². The van der Waals surface area contributed by atoms with Crippen molar-refractivity contribution in [2.75, 3.05) is 0 Å². The molecule has 0 amide bonds. The van der Waals surface area contributed by atoms with Crippen molar-refractivity contribution < 1.29 is 8.81 Å². The summed E-state index contributed by atoms with van der Waals surface area (Å²) in [7, 11) is 0. The molecule has 0 saturated heterocycles. The molecule has 4 aromatic rings. The quantitative estimate of drug-likeness (QED) is 0.523. The van der Waals surface area contributed by atoms with Crippen molar-refractivity contribution in [1.29, 1.82) is 0 Å². The molecule has 0 aliphatic rings. The van der Waals surface area contributed by atoms with E-state index in [0.29, 0.717) is 28.1 Å². The Labute approximate surface area is 146 Å². The second kappa shape index (κ2) is 6.52. The number of nitrogens with zero attached hydrogens (tertiary/aromatic N) is 3. The fourth-order valence-electron chi connectivity index (χ4n) is 2.39. The molecule has 0 bridgehead atoms. The van der Waals surface area contributed by atoms with Gasteiger partial charge in [-0.2, -0.15) is 0 Å². The summed E-state index contributed by atoms with van der Waals surface area (Å²) in [5, 5.41) is 0.467. The van der Waals surface area contributed by atoms with Crippen LogP contribution in [0.2, 0.25) is 0 Å². The van der Waals surface area contributed by atoms with Crippen molar-refractivity contribution in [1.82, 2.24) is 14.4 Å². The van der Waals surface area contributed by atoms with E-state index in [0.717, 1.165) is 5.56 Å². The zero-order valence-corrected chi connectivity index (χ0v) is 13.7. The van der Waals surface area contributed by atoms with Crippen LogP contribution in [0.25, 0.3) is 17.0 Å². The zero-order valence-electron chi connectivity index (χ0n) is 12.9. The highest BCUT2D eigenvalue weighted by atomic mass is 32.2. The van der Waals surface area contributed by atoms with Crippen molar-refractivity contribution in [3.05, 3.63) is 82.8 Å². The summed E-state index contributed by atoms with van der Waals surface area (Å²) >= 11 is 1.35. The van der Waals surface area contributed by atoms with E-state index < -0.39 is 0 Å². The summed E-state index contributed by atoms with van der Waals surface area (Å²) in [6.45, 7) is 0. The molecule has 0 N–H and O–H groups in total. The topological polar surface area (TPSA) is 60.4 Å². The lowest BCUT2D eigenvalue weighted by atomic mass is 10.2. The molecule has 0 aliphatic carbocycles. The molecule has 0 atom stereocenters. The Morgan fingerprint density at radius 2 is 2.00 bits per heavy atom. The van der Waals surface area contributed by atoms with E-state index in [4.69, 9.17) is 4.42 Å². The number of hydrogen-bond acceptors (Lipinski definition) is 5. The van der Waals surface area contributed by atoms with Crippen LogP contribution in [-0.4, -0.2) is 14.4 Å². The molecule has 7 heteroatoms. The van der Waals surface area contributed by atoms with E-state index in [1.807, 2.05) is 6.07 Å². The second-order valence-electron chi connectivity index (χ2n) is 5.30. The Morgan fingerprint density at radius 1 is 1.16 bits per heavy atom. The molecule has 0 radical (unpaired) electrons. The average Bonchev–Trinajstić information content (AvgIpc) is 3.10. The number of benzene rings is 1. The molecule has 5 nitrogen and oxygen atoms in total. The lowest BCUT2D eigenvalue weighted by molar-refractivity contribution is 0.466. The number of hydrogen-bond donors (Lipinski definition) is 0. The standard InChI is InChI=1S/C18H12FN3O2S/c19-13-6-4-12(5-7-13)15-10-20-18(24-15)25-11-14-9-17(23)22-8-2-1-3-16(22)21-14/h1-10H,11H2. The SMILES string of the molecule is O=c1cc(CSc2ncc(-c3ccc(F)cc3)o2)nc2ccccn12. The van der Waals surface area contributed by atoms with Crippen LogP contribution >= 0.6 is 11.8 Å². The van der Waals surface area contributed by atoms with E-state index in [1.165, 1.54) is 34.4 Å². The number of thioether (sulfide) groups is 1. The molecule has 0 aliphatic heterocycles. The van der Waals surface area contributed by atoms with Gasteiger partial charge < -0.3 is 4.42 Å². The number of halogens is 1. The molecular weight excluding hydrogens is 341 g/mol. The summed E-state index contributed by atoms with van der Waals surface area (Å²) in [6.07, 6.45) is 3.28. The number of aromatic nitrogens is 3. The van der Waals surface area contributed by atoms with Gasteiger partial charge >= 0.3 is 0 Å². The molecule has 25 heavy (non-hydrogen) atoms. The maximum atomic E-state index is 13.0. The molecule has 4 rings (SSSR count). The molecular formula is C18H12FN3O2S. The van der Waals surface area contributed by atoms with Crippen LogP contribution in [0.15, 0.2) is 75.4 Å². The van der Waals surface area contributed by atoms with Gasteiger partial charge in [0.1, 0.15) is 11.5 Å². The summed E-state index contributed by atoms with van der Waals surface area (Å²) in [5.41, 5.74) is 1.89. The zero-order chi connectivity index (χ0) is 17.2. The van der Waals surface area contributed by atoms with Crippen LogP contribution in [0, 0.1) is 5.82 Å². The summed E-state index contributed by atoms with van der Waals surface area (Å²) in [6, 6.07) is 12.9. The first kappa shape index (κ1) is 15.6. The van der Waals surface area contributed by atoms with Gasteiger partial charge in [-0.3, -0.25) is 9.20 Å². The van der Waals surface area contributed by atoms with Crippen molar-refractivity contribution in [2.45, 2.75) is 11.0 Å². The van der Waals surface area contributed by atoms with Crippen molar-refractivity contribution in [2.24, 2.45) is 0 Å². The second-order valence-corrected chi connectivity index (χ2v) is 6.23. The predicted octanol–water partition coefficient (Wildman–Crippen LogP) is 3.78. The number of fused-ring (bicyclic) bond motifs is 1. The van der Waals surface area contributed by atoms with Crippen LogP contribution in [-0.2, 0) is 5.75 Å².